The molecule has 2 unspecified atom stereocenters. The summed E-state index contributed by atoms with van der Waals surface area (Å²) in [5.74, 6) is 0. The number of amides is 2. The van der Waals surface area contributed by atoms with E-state index in [1.165, 1.54) is 18.4 Å². The molecule has 3 rings (SSSR count). The Hall–Kier alpha value is -2.33. The second-order valence-electron chi connectivity index (χ2n) is 6.66. The van der Waals surface area contributed by atoms with E-state index in [9.17, 15) is 4.79 Å². The van der Waals surface area contributed by atoms with Crippen molar-refractivity contribution < 1.29 is 4.79 Å². The summed E-state index contributed by atoms with van der Waals surface area (Å²) < 4.78 is 0. The molecule has 1 aliphatic rings. The van der Waals surface area contributed by atoms with Crippen molar-refractivity contribution in [2.24, 2.45) is 0 Å². The maximum Gasteiger partial charge on any atom is 0.315 e. The Morgan fingerprint density at radius 2 is 1.52 bits per heavy atom. The number of nitrogens with zero attached hydrogens (tertiary/aromatic N) is 1. The van der Waals surface area contributed by atoms with Gasteiger partial charge in [0.1, 0.15) is 0 Å². The van der Waals surface area contributed by atoms with Crippen LogP contribution >= 0.6 is 0 Å². The second-order valence-corrected chi connectivity index (χ2v) is 6.66. The maximum absolute atomic E-state index is 12.3. The molecule has 2 N–H and O–H groups in total. The number of rotatable bonds is 6. The Labute approximate surface area is 150 Å². The molecule has 4 heteroatoms. The molecule has 1 heterocycles. The first kappa shape index (κ1) is 17.5. The molecule has 1 fully saturated rings. The molecule has 2 atom stereocenters. The fourth-order valence-corrected chi connectivity index (χ4v) is 3.45. The van der Waals surface area contributed by atoms with Crippen molar-refractivity contribution in [1.82, 2.24) is 15.5 Å². The SMILES string of the molecule is CC(NC(=O)NCC(c1ccccc1)N1CCCC1)c1ccccc1. The van der Waals surface area contributed by atoms with Crippen molar-refractivity contribution in [3.8, 4) is 0 Å². The Kier molecular flexibility index (Phi) is 6.07. The predicted octanol–water partition coefficient (Wildman–Crippen LogP) is 3.88. The van der Waals surface area contributed by atoms with Gasteiger partial charge in [0, 0.05) is 6.54 Å². The van der Waals surface area contributed by atoms with Gasteiger partial charge in [-0.2, -0.15) is 0 Å². The Balaban J connectivity index is 1.58. The number of carbonyl (C=O) groups excluding carboxylic acids is 1. The smallest absolute Gasteiger partial charge is 0.315 e. The van der Waals surface area contributed by atoms with Crippen molar-refractivity contribution in [2.45, 2.75) is 31.8 Å². The van der Waals surface area contributed by atoms with Gasteiger partial charge in [-0.05, 0) is 44.0 Å². The first-order valence-corrected chi connectivity index (χ1v) is 9.12. The molecule has 1 aliphatic heterocycles. The number of benzene rings is 2. The van der Waals surface area contributed by atoms with Crippen LogP contribution in [0.1, 0.15) is 43.0 Å². The van der Waals surface area contributed by atoms with E-state index in [0.717, 1.165) is 18.7 Å². The summed E-state index contributed by atoms with van der Waals surface area (Å²) in [6.45, 7) is 4.83. The van der Waals surface area contributed by atoms with Gasteiger partial charge < -0.3 is 10.6 Å². The zero-order valence-electron chi connectivity index (χ0n) is 14.8. The highest BCUT2D eigenvalue weighted by atomic mass is 16.2. The summed E-state index contributed by atoms with van der Waals surface area (Å²) in [6.07, 6.45) is 2.47. The van der Waals surface area contributed by atoms with Gasteiger partial charge in [-0.1, -0.05) is 60.7 Å². The van der Waals surface area contributed by atoms with Gasteiger partial charge in [-0.25, -0.2) is 4.79 Å². The highest BCUT2D eigenvalue weighted by Crippen LogP contribution is 2.24. The molecule has 4 nitrogen and oxygen atoms in total. The minimum Gasteiger partial charge on any atom is -0.336 e. The summed E-state index contributed by atoms with van der Waals surface area (Å²) in [5, 5.41) is 6.09. The van der Waals surface area contributed by atoms with E-state index in [-0.39, 0.29) is 18.1 Å². The van der Waals surface area contributed by atoms with E-state index in [0.29, 0.717) is 6.54 Å². The van der Waals surface area contributed by atoms with Gasteiger partial charge >= 0.3 is 6.03 Å². The molecule has 132 valence electrons. The van der Waals surface area contributed by atoms with Crippen LogP contribution in [0.4, 0.5) is 4.79 Å². The minimum absolute atomic E-state index is 0.0110. The summed E-state index contributed by atoms with van der Waals surface area (Å²) in [7, 11) is 0. The Morgan fingerprint density at radius 1 is 0.960 bits per heavy atom. The van der Waals surface area contributed by atoms with E-state index in [1.807, 2.05) is 43.3 Å². The van der Waals surface area contributed by atoms with Crippen LogP contribution in [0.5, 0.6) is 0 Å². The molecule has 0 bridgehead atoms. The summed E-state index contributed by atoms with van der Waals surface area (Å²) in [4.78, 5) is 14.8. The van der Waals surface area contributed by atoms with Crippen LogP contribution in [0.15, 0.2) is 60.7 Å². The molecular weight excluding hydrogens is 310 g/mol. The lowest BCUT2D eigenvalue weighted by atomic mass is 10.1. The Bertz CT molecular complexity index is 653. The first-order chi connectivity index (χ1) is 12.2. The average Bonchev–Trinajstić information content (AvgIpc) is 3.18. The average molecular weight is 337 g/mol. The molecule has 0 spiro atoms. The van der Waals surface area contributed by atoms with E-state index in [4.69, 9.17) is 0 Å². The third-order valence-electron chi connectivity index (χ3n) is 4.87. The largest absolute Gasteiger partial charge is 0.336 e. The highest BCUT2D eigenvalue weighted by molar-refractivity contribution is 5.74. The van der Waals surface area contributed by atoms with Crippen molar-refractivity contribution in [2.75, 3.05) is 19.6 Å². The van der Waals surface area contributed by atoms with Crippen LogP contribution in [0.2, 0.25) is 0 Å². The molecule has 0 aliphatic carbocycles. The molecule has 1 saturated heterocycles. The van der Waals surface area contributed by atoms with E-state index in [1.54, 1.807) is 0 Å². The summed E-state index contributed by atoms with van der Waals surface area (Å²) in [6, 6.07) is 20.6. The zero-order chi connectivity index (χ0) is 17.5. The first-order valence-electron chi connectivity index (χ1n) is 9.12. The number of urea groups is 1. The number of carbonyl (C=O) groups is 1. The van der Waals surface area contributed by atoms with Crippen molar-refractivity contribution in [1.29, 1.82) is 0 Å². The number of nitrogens with one attached hydrogen (secondary N) is 2. The van der Waals surface area contributed by atoms with E-state index in [2.05, 4.69) is 39.8 Å². The molecule has 2 aromatic carbocycles. The quantitative estimate of drug-likeness (QED) is 0.840. The van der Waals surface area contributed by atoms with Crippen LogP contribution in [0.25, 0.3) is 0 Å². The van der Waals surface area contributed by atoms with Gasteiger partial charge in [-0.15, -0.1) is 0 Å². The van der Waals surface area contributed by atoms with Crippen LogP contribution in [0, 0.1) is 0 Å². The van der Waals surface area contributed by atoms with Gasteiger partial charge in [0.15, 0.2) is 0 Å². The minimum atomic E-state index is -0.114. The lowest BCUT2D eigenvalue weighted by Crippen LogP contribution is -2.42. The maximum atomic E-state index is 12.3. The van der Waals surface area contributed by atoms with Crippen molar-refractivity contribution in [3.05, 3.63) is 71.8 Å². The topological polar surface area (TPSA) is 44.4 Å². The van der Waals surface area contributed by atoms with Crippen molar-refractivity contribution >= 4 is 6.03 Å². The number of hydrogen-bond acceptors (Lipinski definition) is 2. The van der Waals surface area contributed by atoms with Gasteiger partial charge in [0.05, 0.1) is 12.1 Å². The third kappa shape index (κ3) is 4.83. The second kappa shape index (κ2) is 8.67. The van der Waals surface area contributed by atoms with Crippen LogP contribution in [-0.2, 0) is 0 Å². The number of likely N-dealkylation sites (tertiary alicyclic amines) is 1. The van der Waals surface area contributed by atoms with Gasteiger partial charge in [0.2, 0.25) is 0 Å². The zero-order valence-corrected chi connectivity index (χ0v) is 14.8. The molecular formula is C21H27N3O. The summed E-state index contributed by atoms with van der Waals surface area (Å²) >= 11 is 0. The lowest BCUT2D eigenvalue weighted by molar-refractivity contribution is 0.219. The lowest BCUT2D eigenvalue weighted by Gasteiger charge is -2.28. The molecule has 2 amide bonds. The normalized spacial score (nSPS) is 17.0. The van der Waals surface area contributed by atoms with Crippen LogP contribution in [-0.4, -0.2) is 30.6 Å². The van der Waals surface area contributed by atoms with Crippen LogP contribution in [0.3, 0.4) is 0 Å². The molecule has 0 aromatic heterocycles. The highest BCUT2D eigenvalue weighted by Gasteiger charge is 2.23. The standard InChI is InChI=1S/C21H27N3O/c1-17(18-10-4-2-5-11-18)23-21(25)22-16-20(24-14-8-9-15-24)19-12-6-3-7-13-19/h2-7,10-13,17,20H,8-9,14-16H2,1H3,(H2,22,23,25). The molecule has 0 radical (unpaired) electrons. The molecule has 0 saturated carbocycles. The fourth-order valence-electron chi connectivity index (χ4n) is 3.45. The Morgan fingerprint density at radius 3 is 2.12 bits per heavy atom. The monoisotopic (exact) mass is 337 g/mol. The molecule has 25 heavy (non-hydrogen) atoms. The van der Waals surface area contributed by atoms with E-state index >= 15 is 0 Å². The number of hydrogen-bond donors (Lipinski definition) is 2. The predicted molar refractivity (Wildman–Crippen MR) is 101 cm³/mol. The fraction of sp³-hybridized carbons (Fsp3) is 0.381. The van der Waals surface area contributed by atoms with E-state index < -0.39 is 0 Å². The van der Waals surface area contributed by atoms with Crippen molar-refractivity contribution in [3.63, 3.8) is 0 Å². The third-order valence-corrected chi connectivity index (χ3v) is 4.87. The van der Waals surface area contributed by atoms with Gasteiger partial charge in [-0.3, -0.25) is 4.90 Å². The molecule has 2 aromatic rings. The summed E-state index contributed by atoms with van der Waals surface area (Å²) in [5.41, 5.74) is 2.37. The van der Waals surface area contributed by atoms with Crippen LogP contribution < -0.4 is 10.6 Å². The van der Waals surface area contributed by atoms with Gasteiger partial charge in [0.25, 0.3) is 0 Å².